The Labute approximate surface area is 138 Å². The first kappa shape index (κ1) is 16.4. The molecule has 0 spiro atoms. The summed E-state index contributed by atoms with van der Waals surface area (Å²) in [4.78, 5) is -0.557. The van der Waals surface area contributed by atoms with Crippen molar-refractivity contribution < 1.29 is 17.2 Å². The third-order valence-electron chi connectivity index (χ3n) is 3.79. The van der Waals surface area contributed by atoms with Gasteiger partial charge in [-0.15, -0.1) is 0 Å². The number of hydrogen-bond donors (Lipinski definition) is 1. The first-order valence-corrected chi connectivity index (χ1v) is 8.96. The first-order chi connectivity index (χ1) is 10.9. The Morgan fingerprint density at radius 3 is 2.30 bits per heavy atom. The molecule has 1 fully saturated rings. The molecule has 23 heavy (non-hydrogen) atoms. The largest absolute Gasteiger partial charge is 0.244 e. The maximum absolute atomic E-state index is 13.8. The maximum Gasteiger partial charge on any atom is 0.244 e. The third-order valence-corrected chi connectivity index (χ3v) is 5.51. The molecule has 1 N–H and O–H groups in total. The molecule has 0 amide bonds. The molecule has 0 heterocycles. The Kier molecular flexibility index (Phi) is 4.40. The average molecular weight is 358 g/mol. The first-order valence-electron chi connectivity index (χ1n) is 7.10. The lowest BCUT2D eigenvalue weighted by atomic mass is 10.0. The zero-order valence-corrected chi connectivity index (χ0v) is 13.5. The van der Waals surface area contributed by atoms with Crippen molar-refractivity contribution >= 4 is 21.6 Å². The number of rotatable bonds is 5. The van der Waals surface area contributed by atoms with Gasteiger partial charge in [-0.1, -0.05) is 23.7 Å². The Bertz CT molecular complexity index is 820. The van der Waals surface area contributed by atoms with E-state index in [-0.39, 0.29) is 5.92 Å². The van der Waals surface area contributed by atoms with E-state index in [1.807, 2.05) is 0 Å². The molecule has 0 aliphatic heterocycles. The standard InChI is InChI=1S/C16H14ClF2NO2S/c17-12-5-3-11(4-6-12)16(10-1-2-10)20-23(21,22)15-8-7-13(18)9-14(15)19/h3-10,16,20H,1-2H2. The minimum absolute atomic E-state index is 0.162. The van der Waals surface area contributed by atoms with Gasteiger partial charge >= 0.3 is 0 Å². The molecule has 7 heteroatoms. The molecule has 122 valence electrons. The summed E-state index contributed by atoms with van der Waals surface area (Å²) in [6, 6.07) is 8.80. The second-order valence-electron chi connectivity index (χ2n) is 5.56. The van der Waals surface area contributed by atoms with E-state index >= 15 is 0 Å². The van der Waals surface area contributed by atoms with Crippen LogP contribution in [0.1, 0.15) is 24.4 Å². The second kappa shape index (κ2) is 6.19. The number of hydrogen-bond acceptors (Lipinski definition) is 2. The molecule has 3 rings (SSSR count). The fraction of sp³-hybridized carbons (Fsp3) is 0.250. The molecule has 0 radical (unpaired) electrons. The molecule has 1 atom stereocenters. The lowest BCUT2D eigenvalue weighted by molar-refractivity contribution is 0.515. The van der Waals surface area contributed by atoms with E-state index in [1.165, 1.54) is 0 Å². The number of sulfonamides is 1. The highest BCUT2D eigenvalue weighted by molar-refractivity contribution is 7.89. The van der Waals surface area contributed by atoms with Crippen LogP contribution < -0.4 is 4.72 Å². The molecule has 2 aromatic rings. The summed E-state index contributed by atoms with van der Waals surface area (Å²) in [7, 11) is -4.09. The van der Waals surface area contributed by atoms with Crippen LogP contribution in [0.5, 0.6) is 0 Å². The molecule has 0 aromatic heterocycles. The fourth-order valence-electron chi connectivity index (χ4n) is 2.46. The molecule has 1 aliphatic rings. The predicted molar refractivity (Wildman–Crippen MR) is 83.6 cm³/mol. The van der Waals surface area contributed by atoms with Crippen molar-refractivity contribution in [1.82, 2.24) is 4.72 Å². The lowest BCUT2D eigenvalue weighted by Crippen LogP contribution is -2.30. The monoisotopic (exact) mass is 357 g/mol. The van der Waals surface area contributed by atoms with Crippen LogP contribution in [0.25, 0.3) is 0 Å². The summed E-state index contributed by atoms with van der Waals surface area (Å²) in [6.07, 6.45) is 1.78. The third kappa shape index (κ3) is 3.71. The SMILES string of the molecule is O=S(=O)(NC(c1ccc(Cl)cc1)C1CC1)c1ccc(F)cc1F. The summed E-state index contributed by atoms with van der Waals surface area (Å²) >= 11 is 5.85. The quantitative estimate of drug-likeness (QED) is 0.877. The van der Waals surface area contributed by atoms with Gasteiger partial charge in [-0.25, -0.2) is 21.9 Å². The van der Waals surface area contributed by atoms with Crippen LogP contribution in [-0.2, 0) is 10.0 Å². The van der Waals surface area contributed by atoms with Crippen molar-refractivity contribution in [2.75, 3.05) is 0 Å². The van der Waals surface area contributed by atoms with E-state index in [4.69, 9.17) is 11.6 Å². The molecule has 3 nitrogen and oxygen atoms in total. The smallest absolute Gasteiger partial charge is 0.207 e. The molecule has 0 saturated heterocycles. The molecule has 1 saturated carbocycles. The molecule has 1 aliphatic carbocycles. The van der Waals surface area contributed by atoms with E-state index in [0.29, 0.717) is 11.1 Å². The van der Waals surface area contributed by atoms with Crippen molar-refractivity contribution in [2.45, 2.75) is 23.8 Å². The zero-order chi connectivity index (χ0) is 16.6. The van der Waals surface area contributed by atoms with E-state index in [2.05, 4.69) is 4.72 Å². The topological polar surface area (TPSA) is 46.2 Å². The number of nitrogens with one attached hydrogen (secondary N) is 1. The summed E-state index contributed by atoms with van der Waals surface area (Å²) < 4.78 is 54.2. The van der Waals surface area contributed by atoms with Crippen LogP contribution >= 0.6 is 11.6 Å². The van der Waals surface area contributed by atoms with Crippen molar-refractivity contribution in [1.29, 1.82) is 0 Å². The van der Waals surface area contributed by atoms with Crippen molar-refractivity contribution in [3.05, 3.63) is 64.7 Å². The Morgan fingerprint density at radius 1 is 1.09 bits per heavy atom. The van der Waals surface area contributed by atoms with Crippen LogP contribution in [0.3, 0.4) is 0 Å². The van der Waals surface area contributed by atoms with Gasteiger partial charge in [0.25, 0.3) is 0 Å². The number of halogens is 3. The second-order valence-corrected chi connectivity index (χ2v) is 7.68. The molecular formula is C16H14ClF2NO2S. The Hall–Kier alpha value is -1.50. The van der Waals surface area contributed by atoms with Gasteiger partial charge in [0.2, 0.25) is 10.0 Å². The lowest BCUT2D eigenvalue weighted by Gasteiger charge is -2.19. The molecular weight excluding hydrogens is 344 g/mol. The van der Waals surface area contributed by atoms with Crippen molar-refractivity contribution in [3.63, 3.8) is 0 Å². The van der Waals surface area contributed by atoms with Gasteiger partial charge in [-0.05, 0) is 48.6 Å². The van der Waals surface area contributed by atoms with Gasteiger partial charge in [-0.3, -0.25) is 0 Å². The minimum atomic E-state index is -4.09. The predicted octanol–water partition coefficient (Wildman–Crippen LogP) is 4.05. The Balaban J connectivity index is 1.91. The Morgan fingerprint density at radius 2 is 1.74 bits per heavy atom. The van der Waals surface area contributed by atoms with E-state index in [1.54, 1.807) is 24.3 Å². The molecule has 2 aromatic carbocycles. The normalized spacial score (nSPS) is 16.3. The summed E-state index contributed by atoms with van der Waals surface area (Å²) in [5, 5.41) is 0.552. The highest BCUT2D eigenvalue weighted by atomic mass is 35.5. The fourth-order valence-corrected chi connectivity index (χ4v) is 3.94. The van der Waals surface area contributed by atoms with E-state index in [0.717, 1.165) is 30.5 Å². The summed E-state index contributed by atoms with van der Waals surface area (Å²) in [5.74, 6) is -1.77. The summed E-state index contributed by atoms with van der Waals surface area (Å²) in [6.45, 7) is 0. The average Bonchev–Trinajstić information content (AvgIpc) is 3.30. The van der Waals surface area contributed by atoms with Crippen LogP contribution in [0.15, 0.2) is 47.4 Å². The van der Waals surface area contributed by atoms with Gasteiger partial charge in [-0.2, -0.15) is 0 Å². The van der Waals surface area contributed by atoms with Crippen LogP contribution in [0, 0.1) is 17.6 Å². The highest BCUT2D eigenvalue weighted by Gasteiger charge is 2.36. The molecule has 0 bridgehead atoms. The van der Waals surface area contributed by atoms with E-state index < -0.39 is 32.6 Å². The van der Waals surface area contributed by atoms with Crippen molar-refractivity contribution in [3.8, 4) is 0 Å². The zero-order valence-electron chi connectivity index (χ0n) is 12.0. The number of benzene rings is 2. The highest BCUT2D eigenvalue weighted by Crippen LogP contribution is 2.42. The van der Waals surface area contributed by atoms with Gasteiger partial charge < -0.3 is 0 Å². The van der Waals surface area contributed by atoms with Crippen molar-refractivity contribution in [2.24, 2.45) is 5.92 Å². The van der Waals surface area contributed by atoms with Gasteiger partial charge in [0, 0.05) is 17.1 Å². The van der Waals surface area contributed by atoms with E-state index in [9.17, 15) is 17.2 Å². The minimum Gasteiger partial charge on any atom is -0.207 e. The molecule has 1 unspecified atom stereocenters. The van der Waals surface area contributed by atoms with Gasteiger partial charge in [0.05, 0.1) is 0 Å². The van der Waals surface area contributed by atoms with Crippen LogP contribution in [0.4, 0.5) is 8.78 Å². The van der Waals surface area contributed by atoms with Gasteiger partial charge in [0.1, 0.15) is 16.5 Å². The van der Waals surface area contributed by atoms with Gasteiger partial charge in [0.15, 0.2) is 0 Å². The van der Waals surface area contributed by atoms with Crippen LogP contribution in [-0.4, -0.2) is 8.42 Å². The van der Waals surface area contributed by atoms with Crippen LogP contribution in [0.2, 0.25) is 5.02 Å². The maximum atomic E-state index is 13.8. The summed E-state index contributed by atoms with van der Waals surface area (Å²) in [5.41, 5.74) is 0.767.